The quantitative estimate of drug-likeness (QED) is 0.915. The number of halogens is 1. The summed E-state index contributed by atoms with van der Waals surface area (Å²) in [5.41, 5.74) is 8.08. The molecule has 0 radical (unpaired) electrons. The Morgan fingerprint density at radius 1 is 1.21 bits per heavy atom. The van der Waals surface area contributed by atoms with Gasteiger partial charge >= 0.3 is 0 Å². The molecule has 2 aliphatic rings. The van der Waals surface area contributed by atoms with Crippen molar-refractivity contribution in [3.05, 3.63) is 28.8 Å². The van der Waals surface area contributed by atoms with Gasteiger partial charge in [-0.15, -0.1) is 0 Å². The largest absolute Gasteiger partial charge is 0.367 e. The lowest BCUT2D eigenvalue weighted by molar-refractivity contribution is 0.342. The summed E-state index contributed by atoms with van der Waals surface area (Å²) in [6.45, 7) is 1.86. The molecule has 1 heterocycles. The Morgan fingerprint density at radius 3 is 2.84 bits per heavy atom. The van der Waals surface area contributed by atoms with E-state index in [1.54, 1.807) is 0 Å². The number of hydrogen-bond acceptors (Lipinski definition) is 2. The van der Waals surface area contributed by atoms with Crippen LogP contribution in [0.3, 0.4) is 0 Å². The molecule has 2 fully saturated rings. The van der Waals surface area contributed by atoms with Crippen LogP contribution in [-0.4, -0.2) is 19.1 Å². The van der Waals surface area contributed by atoms with Crippen LogP contribution in [0.25, 0.3) is 0 Å². The molecule has 0 spiro atoms. The summed E-state index contributed by atoms with van der Waals surface area (Å²) in [6.07, 6.45) is 7.78. The number of benzene rings is 1. The highest BCUT2D eigenvalue weighted by atomic mass is 35.5. The molecule has 2 unspecified atom stereocenters. The molecule has 2 N–H and O–H groups in total. The summed E-state index contributed by atoms with van der Waals surface area (Å²) in [7, 11) is 0. The van der Waals surface area contributed by atoms with E-state index in [9.17, 15) is 0 Å². The molecule has 1 aliphatic carbocycles. The Morgan fingerprint density at radius 2 is 2.05 bits per heavy atom. The summed E-state index contributed by atoms with van der Waals surface area (Å²) in [4.78, 5) is 2.55. The van der Waals surface area contributed by atoms with Crippen LogP contribution in [0.5, 0.6) is 0 Å². The van der Waals surface area contributed by atoms with Crippen LogP contribution in [-0.2, 0) is 6.42 Å². The fourth-order valence-corrected chi connectivity index (χ4v) is 4.12. The maximum Gasteiger partial charge on any atom is 0.0642 e. The summed E-state index contributed by atoms with van der Waals surface area (Å²) in [5.74, 6) is 0.897. The lowest BCUT2D eigenvalue weighted by Crippen LogP contribution is -2.34. The van der Waals surface area contributed by atoms with Crippen molar-refractivity contribution in [2.24, 2.45) is 11.7 Å². The second-order valence-electron chi connectivity index (χ2n) is 5.92. The molecule has 1 aromatic carbocycles. The van der Waals surface area contributed by atoms with Crippen LogP contribution in [0.4, 0.5) is 5.69 Å². The normalized spacial score (nSPS) is 26.5. The molecule has 0 amide bonds. The Balaban J connectivity index is 1.82. The molecule has 3 heteroatoms. The zero-order valence-corrected chi connectivity index (χ0v) is 12.2. The van der Waals surface area contributed by atoms with Gasteiger partial charge in [0.05, 0.1) is 10.7 Å². The van der Waals surface area contributed by atoms with Gasteiger partial charge in [-0.1, -0.05) is 30.5 Å². The van der Waals surface area contributed by atoms with E-state index in [1.807, 2.05) is 0 Å². The van der Waals surface area contributed by atoms with Crippen molar-refractivity contribution in [2.75, 3.05) is 18.0 Å². The van der Waals surface area contributed by atoms with Gasteiger partial charge in [0.2, 0.25) is 0 Å². The molecule has 3 rings (SSSR count). The van der Waals surface area contributed by atoms with Crippen LogP contribution in [0.2, 0.25) is 5.02 Å². The van der Waals surface area contributed by atoms with Crippen molar-refractivity contribution in [2.45, 2.75) is 44.6 Å². The van der Waals surface area contributed by atoms with Gasteiger partial charge in [0.25, 0.3) is 0 Å². The topological polar surface area (TPSA) is 29.3 Å². The van der Waals surface area contributed by atoms with Gasteiger partial charge in [-0.05, 0) is 55.8 Å². The van der Waals surface area contributed by atoms with Crippen LogP contribution >= 0.6 is 11.6 Å². The van der Waals surface area contributed by atoms with Crippen LogP contribution < -0.4 is 10.6 Å². The predicted octanol–water partition coefficient (Wildman–Crippen LogP) is 3.61. The van der Waals surface area contributed by atoms with E-state index in [-0.39, 0.29) is 0 Å². The molecule has 1 saturated carbocycles. The highest BCUT2D eigenvalue weighted by molar-refractivity contribution is 6.33. The van der Waals surface area contributed by atoms with Crippen molar-refractivity contribution in [1.82, 2.24) is 0 Å². The van der Waals surface area contributed by atoms with E-state index in [4.69, 9.17) is 17.3 Å². The third-order valence-electron chi connectivity index (χ3n) is 4.76. The molecule has 0 aromatic heterocycles. The Kier molecular flexibility index (Phi) is 3.99. The predicted molar refractivity (Wildman–Crippen MR) is 81.9 cm³/mol. The number of fused-ring (bicyclic) bond motifs is 1. The molecule has 1 aliphatic heterocycles. The van der Waals surface area contributed by atoms with Crippen LogP contribution in [0, 0.1) is 5.92 Å². The summed E-state index contributed by atoms with van der Waals surface area (Å²) in [6, 6.07) is 7.21. The molecule has 1 aromatic rings. The fraction of sp³-hybridized carbons (Fsp3) is 0.625. The first-order chi connectivity index (χ1) is 9.29. The third-order valence-corrected chi connectivity index (χ3v) is 5.07. The molecule has 0 bridgehead atoms. The Labute approximate surface area is 120 Å². The van der Waals surface area contributed by atoms with Crippen molar-refractivity contribution < 1.29 is 0 Å². The van der Waals surface area contributed by atoms with Crippen LogP contribution in [0.15, 0.2) is 18.2 Å². The number of nitrogens with two attached hydrogens (primary N) is 1. The third kappa shape index (κ3) is 2.61. The SMILES string of the molecule is NCCc1ccc(N2CCC3CCCCC32)c(Cl)c1. The molecule has 1 saturated heterocycles. The smallest absolute Gasteiger partial charge is 0.0642 e. The molecule has 104 valence electrons. The molecular weight excluding hydrogens is 256 g/mol. The van der Waals surface area contributed by atoms with Crippen molar-refractivity contribution >= 4 is 17.3 Å². The number of hydrogen-bond donors (Lipinski definition) is 1. The van der Waals surface area contributed by atoms with E-state index in [0.29, 0.717) is 6.54 Å². The van der Waals surface area contributed by atoms with E-state index in [0.717, 1.165) is 23.4 Å². The first-order valence-corrected chi connectivity index (χ1v) is 7.92. The molecule has 2 nitrogen and oxygen atoms in total. The highest BCUT2D eigenvalue weighted by Crippen LogP contribution is 2.41. The van der Waals surface area contributed by atoms with Gasteiger partial charge in [-0.25, -0.2) is 0 Å². The lowest BCUT2D eigenvalue weighted by atomic mass is 9.85. The van der Waals surface area contributed by atoms with Gasteiger partial charge < -0.3 is 10.6 Å². The van der Waals surface area contributed by atoms with E-state index < -0.39 is 0 Å². The van der Waals surface area contributed by atoms with Gasteiger partial charge in [-0.3, -0.25) is 0 Å². The number of nitrogens with zero attached hydrogens (tertiary/aromatic N) is 1. The Hall–Kier alpha value is -0.730. The average Bonchev–Trinajstić information content (AvgIpc) is 2.83. The minimum absolute atomic E-state index is 0.685. The zero-order chi connectivity index (χ0) is 13.2. The van der Waals surface area contributed by atoms with Crippen molar-refractivity contribution in [3.8, 4) is 0 Å². The monoisotopic (exact) mass is 278 g/mol. The minimum atomic E-state index is 0.685. The first-order valence-electron chi connectivity index (χ1n) is 7.54. The van der Waals surface area contributed by atoms with Gasteiger partial charge in [0.1, 0.15) is 0 Å². The second kappa shape index (κ2) is 5.72. The molecular formula is C16H23ClN2. The maximum absolute atomic E-state index is 6.49. The highest BCUT2D eigenvalue weighted by Gasteiger charge is 2.36. The minimum Gasteiger partial charge on any atom is -0.367 e. The van der Waals surface area contributed by atoms with Crippen LogP contribution in [0.1, 0.15) is 37.7 Å². The summed E-state index contributed by atoms with van der Waals surface area (Å²) in [5, 5.41) is 0.900. The van der Waals surface area contributed by atoms with E-state index in [1.165, 1.54) is 49.9 Å². The van der Waals surface area contributed by atoms with Crippen molar-refractivity contribution in [3.63, 3.8) is 0 Å². The average molecular weight is 279 g/mol. The second-order valence-corrected chi connectivity index (χ2v) is 6.33. The standard InChI is InChI=1S/C16H23ClN2/c17-14-11-12(7-9-18)5-6-16(14)19-10-8-13-3-1-2-4-15(13)19/h5-6,11,13,15H,1-4,7-10,18H2. The fourth-order valence-electron chi connectivity index (χ4n) is 3.81. The van der Waals surface area contributed by atoms with Crippen molar-refractivity contribution in [1.29, 1.82) is 0 Å². The maximum atomic E-state index is 6.49. The number of rotatable bonds is 3. The van der Waals surface area contributed by atoms with E-state index >= 15 is 0 Å². The summed E-state index contributed by atoms with van der Waals surface area (Å²) < 4.78 is 0. The zero-order valence-electron chi connectivity index (χ0n) is 11.4. The van der Waals surface area contributed by atoms with Gasteiger partial charge in [-0.2, -0.15) is 0 Å². The van der Waals surface area contributed by atoms with Gasteiger partial charge in [0, 0.05) is 12.6 Å². The molecule has 2 atom stereocenters. The number of anilines is 1. The lowest BCUT2D eigenvalue weighted by Gasteiger charge is -2.33. The molecule has 19 heavy (non-hydrogen) atoms. The summed E-state index contributed by atoms with van der Waals surface area (Å²) >= 11 is 6.49. The first kappa shape index (κ1) is 13.3. The van der Waals surface area contributed by atoms with Gasteiger partial charge in [0.15, 0.2) is 0 Å². The Bertz CT molecular complexity index is 446. The van der Waals surface area contributed by atoms with E-state index in [2.05, 4.69) is 23.1 Å².